The van der Waals surface area contributed by atoms with Crippen molar-refractivity contribution in [3.05, 3.63) is 54.6 Å². The van der Waals surface area contributed by atoms with Gasteiger partial charge in [0.2, 0.25) is 5.91 Å². The Labute approximate surface area is 143 Å². The molecule has 2 fully saturated rings. The average molecular weight is 323 g/mol. The predicted molar refractivity (Wildman–Crippen MR) is 93.6 cm³/mol. The molecule has 0 spiro atoms. The molecule has 4 nitrogen and oxygen atoms in total. The van der Waals surface area contributed by atoms with Crippen LogP contribution < -0.4 is 0 Å². The van der Waals surface area contributed by atoms with Crippen LogP contribution in [0.3, 0.4) is 0 Å². The van der Waals surface area contributed by atoms with Crippen LogP contribution in [-0.2, 0) is 4.79 Å². The maximum atomic E-state index is 13.3. The number of imidazole rings is 1. The molecule has 3 unspecified atom stereocenters. The zero-order chi connectivity index (χ0) is 16.5. The predicted octanol–water partition coefficient (Wildman–Crippen LogP) is 3.77. The lowest BCUT2D eigenvalue weighted by molar-refractivity contribution is -0.138. The van der Waals surface area contributed by atoms with E-state index in [1.165, 1.54) is 0 Å². The van der Waals surface area contributed by atoms with Crippen molar-refractivity contribution in [2.24, 2.45) is 0 Å². The monoisotopic (exact) mass is 323 g/mol. The van der Waals surface area contributed by atoms with Crippen molar-refractivity contribution in [2.75, 3.05) is 0 Å². The van der Waals surface area contributed by atoms with E-state index in [1.54, 1.807) is 0 Å². The molecule has 2 aliphatic rings. The van der Waals surface area contributed by atoms with E-state index < -0.39 is 0 Å². The Morgan fingerprint density at radius 2 is 1.88 bits per heavy atom. The molecule has 1 aromatic heterocycles. The molecule has 3 heterocycles. The summed E-state index contributed by atoms with van der Waals surface area (Å²) in [4.78, 5) is 19.7. The third-order valence-corrected chi connectivity index (χ3v) is 5.82. The number of carbonyl (C=O) groups excluding carboxylic acids is 1. The molecule has 3 atom stereocenters. The summed E-state index contributed by atoms with van der Waals surface area (Å²) in [6, 6.07) is 11.5. The van der Waals surface area contributed by atoms with Gasteiger partial charge in [0, 0.05) is 30.5 Å². The van der Waals surface area contributed by atoms with E-state index in [0.29, 0.717) is 24.0 Å². The molecule has 1 amide bonds. The summed E-state index contributed by atoms with van der Waals surface area (Å²) < 4.78 is 2.22. The van der Waals surface area contributed by atoms with E-state index in [0.717, 1.165) is 37.7 Å². The van der Waals surface area contributed by atoms with E-state index in [9.17, 15) is 4.79 Å². The molecule has 1 aromatic carbocycles. The first-order valence-electron chi connectivity index (χ1n) is 9.12. The van der Waals surface area contributed by atoms with Crippen molar-refractivity contribution in [1.29, 1.82) is 0 Å². The van der Waals surface area contributed by atoms with E-state index in [-0.39, 0.29) is 5.92 Å². The molecular weight excluding hydrogens is 298 g/mol. The van der Waals surface area contributed by atoms with Crippen molar-refractivity contribution in [2.45, 2.75) is 63.1 Å². The topological polar surface area (TPSA) is 38.1 Å². The molecule has 4 rings (SSSR count). The lowest BCUT2D eigenvalue weighted by Gasteiger charge is -2.41. The first kappa shape index (κ1) is 15.4. The lowest BCUT2D eigenvalue weighted by Crippen LogP contribution is -2.48. The molecule has 0 radical (unpaired) electrons. The SMILES string of the molecule is CCC(C(=O)N1C2CCC1CC(n1ccnc1)C2)c1ccccc1. The number of hydrogen-bond donors (Lipinski definition) is 0. The van der Waals surface area contributed by atoms with Gasteiger partial charge in [0.1, 0.15) is 0 Å². The van der Waals surface area contributed by atoms with E-state index in [1.807, 2.05) is 30.7 Å². The Kier molecular flexibility index (Phi) is 4.13. The van der Waals surface area contributed by atoms with Gasteiger partial charge < -0.3 is 9.47 Å². The minimum atomic E-state index is -0.000838. The Balaban J connectivity index is 1.54. The lowest BCUT2D eigenvalue weighted by atomic mass is 9.91. The fraction of sp³-hybridized carbons (Fsp3) is 0.500. The zero-order valence-corrected chi connectivity index (χ0v) is 14.2. The van der Waals surface area contributed by atoms with Crippen molar-refractivity contribution < 1.29 is 4.79 Å². The van der Waals surface area contributed by atoms with Gasteiger partial charge in [0.15, 0.2) is 0 Å². The highest BCUT2D eigenvalue weighted by Gasteiger charge is 2.45. The fourth-order valence-corrected chi connectivity index (χ4v) is 4.66. The summed E-state index contributed by atoms with van der Waals surface area (Å²) in [5.74, 6) is 0.333. The summed E-state index contributed by atoms with van der Waals surface area (Å²) in [5.41, 5.74) is 1.15. The number of hydrogen-bond acceptors (Lipinski definition) is 2. The molecular formula is C20H25N3O. The Morgan fingerprint density at radius 3 is 2.46 bits per heavy atom. The number of benzene rings is 1. The number of piperidine rings is 1. The van der Waals surface area contributed by atoms with E-state index in [4.69, 9.17) is 0 Å². The van der Waals surface area contributed by atoms with Crippen molar-refractivity contribution in [3.8, 4) is 0 Å². The third kappa shape index (κ3) is 2.64. The number of fused-ring (bicyclic) bond motifs is 2. The maximum absolute atomic E-state index is 13.3. The Hall–Kier alpha value is -2.10. The summed E-state index contributed by atoms with van der Waals surface area (Å²) in [6.07, 6.45) is 11.1. The van der Waals surface area contributed by atoms with E-state index in [2.05, 4.69) is 39.7 Å². The van der Waals surface area contributed by atoms with Crippen LogP contribution in [-0.4, -0.2) is 32.4 Å². The molecule has 0 N–H and O–H groups in total. The number of amides is 1. The highest BCUT2D eigenvalue weighted by Crippen LogP contribution is 2.42. The second-order valence-corrected chi connectivity index (χ2v) is 7.14. The highest BCUT2D eigenvalue weighted by atomic mass is 16.2. The normalized spacial score (nSPS) is 27.2. The van der Waals surface area contributed by atoms with Crippen LogP contribution in [0.2, 0.25) is 0 Å². The summed E-state index contributed by atoms with van der Waals surface area (Å²) >= 11 is 0. The van der Waals surface area contributed by atoms with Gasteiger partial charge in [-0.1, -0.05) is 37.3 Å². The highest BCUT2D eigenvalue weighted by molar-refractivity contribution is 5.84. The van der Waals surface area contributed by atoms with Gasteiger partial charge in [0.05, 0.1) is 12.2 Å². The fourth-order valence-electron chi connectivity index (χ4n) is 4.66. The van der Waals surface area contributed by atoms with Gasteiger partial charge in [-0.25, -0.2) is 4.98 Å². The Morgan fingerprint density at radius 1 is 1.17 bits per heavy atom. The second-order valence-electron chi connectivity index (χ2n) is 7.14. The molecule has 2 aliphatic heterocycles. The van der Waals surface area contributed by atoms with Crippen LogP contribution in [0.4, 0.5) is 0 Å². The van der Waals surface area contributed by atoms with Gasteiger partial charge in [-0.05, 0) is 37.7 Å². The summed E-state index contributed by atoms with van der Waals surface area (Å²) in [6.45, 7) is 2.12. The average Bonchev–Trinajstić information content (AvgIpc) is 3.23. The first-order chi connectivity index (χ1) is 11.8. The standard InChI is InChI=1S/C20H25N3O/c1-2-19(15-6-4-3-5-7-15)20(24)23-16-8-9-17(23)13-18(12-16)22-11-10-21-14-22/h3-7,10-11,14,16-19H,2,8-9,12-13H2,1H3. The van der Waals surface area contributed by atoms with Crippen LogP contribution in [0, 0.1) is 0 Å². The van der Waals surface area contributed by atoms with E-state index >= 15 is 0 Å². The van der Waals surface area contributed by atoms with Crippen LogP contribution in [0.1, 0.15) is 56.6 Å². The third-order valence-electron chi connectivity index (χ3n) is 5.82. The molecule has 0 saturated carbocycles. The van der Waals surface area contributed by atoms with Crippen LogP contribution in [0.15, 0.2) is 49.1 Å². The molecule has 0 aliphatic carbocycles. The van der Waals surface area contributed by atoms with Gasteiger partial charge >= 0.3 is 0 Å². The Bertz CT molecular complexity index is 668. The largest absolute Gasteiger partial charge is 0.336 e. The minimum absolute atomic E-state index is 0.000838. The molecule has 2 saturated heterocycles. The summed E-state index contributed by atoms with van der Waals surface area (Å²) in [5, 5.41) is 0. The van der Waals surface area contributed by atoms with Crippen molar-refractivity contribution in [3.63, 3.8) is 0 Å². The van der Waals surface area contributed by atoms with Gasteiger partial charge in [-0.2, -0.15) is 0 Å². The van der Waals surface area contributed by atoms with Gasteiger partial charge in [0.25, 0.3) is 0 Å². The number of rotatable bonds is 4. The molecule has 2 bridgehead atoms. The maximum Gasteiger partial charge on any atom is 0.230 e. The smallest absolute Gasteiger partial charge is 0.230 e. The molecule has 4 heteroatoms. The van der Waals surface area contributed by atoms with Crippen molar-refractivity contribution >= 4 is 5.91 Å². The van der Waals surface area contributed by atoms with Crippen LogP contribution in [0.5, 0.6) is 0 Å². The molecule has 126 valence electrons. The quantitative estimate of drug-likeness (QED) is 0.859. The van der Waals surface area contributed by atoms with Gasteiger partial charge in [-0.3, -0.25) is 4.79 Å². The first-order valence-corrected chi connectivity index (χ1v) is 9.12. The molecule has 2 aromatic rings. The number of nitrogens with zero attached hydrogens (tertiary/aromatic N) is 3. The number of carbonyl (C=O) groups is 1. The molecule has 24 heavy (non-hydrogen) atoms. The van der Waals surface area contributed by atoms with Gasteiger partial charge in [-0.15, -0.1) is 0 Å². The minimum Gasteiger partial charge on any atom is -0.336 e. The summed E-state index contributed by atoms with van der Waals surface area (Å²) in [7, 11) is 0. The number of aromatic nitrogens is 2. The second kappa shape index (κ2) is 6.42. The van der Waals surface area contributed by atoms with Crippen LogP contribution >= 0.6 is 0 Å². The zero-order valence-electron chi connectivity index (χ0n) is 14.2. The van der Waals surface area contributed by atoms with Crippen LogP contribution in [0.25, 0.3) is 0 Å². The van der Waals surface area contributed by atoms with Crippen molar-refractivity contribution in [1.82, 2.24) is 14.5 Å².